The van der Waals surface area contributed by atoms with Crippen LogP contribution in [0.4, 0.5) is 11.4 Å². The molecule has 0 atom stereocenters. The molecular weight excluding hydrogens is 372 g/mol. The number of sulfonamides is 1. The zero-order valence-corrected chi connectivity index (χ0v) is 16.2. The van der Waals surface area contributed by atoms with E-state index in [9.17, 15) is 13.2 Å². The van der Waals surface area contributed by atoms with Crippen molar-refractivity contribution in [2.45, 2.75) is 23.1 Å². The molecule has 0 unspecified atom stereocenters. The minimum atomic E-state index is -3.75. The highest BCUT2D eigenvalue weighted by molar-refractivity contribution is 7.99. The molecule has 0 bridgehead atoms. The summed E-state index contributed by atoms with van der Waals surface area (Å²) in [6.45, 7) is 2.44. The molecule has 1 amide bonds. The van der Waals surface area contributed by atoms with E-state index in [1.807, 2.05) is 6.92 Å². The Kier molecular flexibility index (Phi) is 5.43. The summed E-state index contributed by atoms with van der Waals surface area (Å²) in [5.74, 6) is 1.26. The Labute approximate surface area is 157 Å². The zero-order valence-electron chi connectivity index (χ0n) is 14.6. The van der Waals surface area contributed by atoms with Crippen LogP contribution < -0.4 is 14.4 Å². The molecule has 0 aliphatic carbocycles. The van der Waals surface area contributed by atoms with Crippen molar-refractivity contribution < 1.29 is 17.9 Å². The summed E-state index contributed by atoms with van der Waals surface area (Å²) >= 11 is 1.54. The second kappa shape index (κ2) is 7.59. The van der Waals surface area contributed by atoms with Gasteiger partial charge in [0.2, 0.25) is 5.91 Å². The number of hydrogen-bond acceptors (Lipinski definition) is 5. The molecule has 2 aromatic rings. The lowest BCUT2D eigenvalue weighted by molar-refractivity contribution is -0.115. The molecule has 6 nitrogen and oxygen atoms in total. The molecule has 0 radical (unpaired) electrons. The summed E-state index contributed by atoms with van der Waals surface area (Å²) in [6.07, 6.45) is 0.410. The van der Waals surface area contributed by atoms with Crippen molar-refractivity contribution in [3.63, 3.8) is 0 Å². The number of ether oxygens (including phenoxy) is 1. The van der Waals surface area contributed by atoms with E-state index in [0.717, 1.165) is 4.90 Å². The number of nitrogens with zero attached hydrogens (tertiary/aromatic N) is 1. The van der Waals surface area contributed by atoms with Crippen molar-refractivity contribution in [3.8, 4) is 5.75 Å². The molecule has 138 valence electrons. The smallest absolute Gasteiger partial charge is 0.264 e. The molecule has 3 rings (SSSR count). The third kappa shape index (κ3) is 3.81. The standard InChI is InChI=1S/C18H20N2O4S2/c1-3-24-14-6-4-13(5-7-14)20(2)26(22,23)15-8-9-17-16(12-15)19-18(21)10-11-25-17/h4-9,12H,3,10-11H2,1-2H3,(H,19,21). The van der Waals surface area contributed by atoms with E-state index in [-0.39, 0.29) is 10.8 Å². The lowest BCUT2D eigenvalue weighted by Crippen LogP contribution is -2.26. The highest BCUT2D eigenvalue weighted by Crippen LogP contribution is 2.34. The summed E-state index contributed by atoms with van der Waals surface area (Å²) in [4.78, 5) is 12.8. The maximum Gasteiger partial charge on any atom is 0.264 e. The molecule has 0 fully saturated rings. The van der Waals surface area contributed by atoms with Crippen LogP contribution in [0.15, 0.2) is 52.3 Å². The Balaban J connectivity index is 1.91. The van der Waals surface area contributed by atoms with Crippen molar-refractivity contribution in [2.75, 3.05) is 29.0 Å². The Bertz CT molecular complexity index is 911. The molecule has 8 heteroatoms. The van der Waals surface area contributed by atoms with Crippen LogP contribution in [0.5, 0.6) is 5.75 Å². The van der Waals surface area contributed by atoms with Crippen LogP contribution in [-0.2, 0) is 14.8 Å². The first-order chi connectivity index (χ1) is 12.4. The Morgan fingerprint density at radius 2 is 1.92 bits per heavy atom. The first-order valence-electron chi connectivity index (χ1n) is 8.20. The summed E-state index contributed by atoms with van der Waals surface area (Å²) in [5.41, 5.74) is 1.07. The molecule has 2 aromatic carbocycles. The monoisotopic (exact) mass is 392 g/mol. The summed E-state index contributed by atoms with van der Waals surface area (Å²) in [6, 6.07) is 11.7. The fourth-order valence-corrected chi connectivity index (χ4v) is 4.73. The molecular formula is C18H20N2O4S2. The highest BCUT2D eigenvalue weighted by atomic mass is 32.2. The Hall–Kier alpha value is -2.19. The van der Waals surface area contributed by atoms with Crippen LogP contribution in [-0.4, -0.2) is 33.7 Å². The van der Waals surface area contributed by atoms with E-state index in [1.165, 1.54) is 29.2 Å². The van der Waals surface area contributed by atoms with Gasteiger partial charge in [-0.2, -0.15) is 0 Å². The second-order valence-electron chi connectivity index (χ2n) is 5.70. The van der Waals surface area contributed by atoms with Gasteiger partial charge in [0, 0.05) is 24.1 Å². The number of thioether (sulfide) groups is 1. The van der Waals surface area contributed by atoms with E-state index < -0.39 is 10.0 Å². The number of fused-ring (bicyclic) bond motifs is 1. The quantitative estimate of drug-likeness (QED) is 0.845. The number of amides is 1. The number of carbonyl (C=O) groups excluding carboxylic acids is 1. The number of hydrogen-bond donors (Lipinski definition) is 1. The van der Waals surface area contributed by atoms with Crippen LogP contribution in [0.1, 0.15) is 13.3 Å². The molecule has 1 aliphatic rings. The lowest BCUT2D eigenvalue weighted by Gasteiger charge is -2.20. The predicted molar refractivity (Wildman–Crippen MR) is 104 cm³/mol. The molecule has 1 heterocycles. The first kappa shape index (κ1) is 18.6. The van der Waals surface area contributed by atoms with Crippen LogP contribution in [0.2, 0.25) is 0 Å². The number of anilines is 2. The number of rotatable bonds is 5. The lowest BCUT2D eigenvalue weighted by atomic mass is 10.3. The van der Waals surface area contributed by atoms with E-state index in [4.69, 9.17) is 4.74 Å². The van der Waals surface area contributed by atoms with Crippen LogP contribution in [0, 0.1) is 0 Å². The van der Waals surface area contributed by atoms with Crippen molar-refractivity contribution in [2.24, 2.45) is 0 Å². The van der Waals surface area contributed by atoms with Gasteiger partial charge in [0.25, 0.3) is 10.0 Å². The normalized spacial score (nSPS) is 14.2. The van der Waals surface area contributed by atoms with E-state index >= 15 is 0 Å². The first-order valence-corrected chi connectivity index (χ1v) is 10.6. The van der Waals surface area contributed by atoms with Gasteiger partial charge in [-0.1, -0.05) is 0 Å². The topological polar surface area (TPSA) is 75.7 Å². The molecule has 0 aromatic heterocycles. The van der Waals surface area contributed by atoms with E-state index in [0.29, 0.717) is 35.9 Å². The summed E-state index contributed by atoms with van der Waals surface area (Å²) in [7, 11) is -2.24. The van der Waals surface area contributed by atoms with Gasteiger partial charge in [-0.3, -0.25) is 9.10 Å². The third-order valence-electron chi connectivity index (χ3n) is 3.98. The van der Waals surface area contributed by atoms with Gasteiger partial charge in [0.15, 0.2) is 0 Å². The van der Waals surface area contributed by atoms with Gasteiger partial charge in [0.1, 0.15) is 5.75 Å². The van der Waals surface area contributed by atoms with E-state index in [2.05, 4.69) is 5.32 Å². The third-order valence-corrected chi connectivity index (χ3v) is 6.84. The van der Waals surface area contributed by atoms with Crippen molar-refractivity contribution >= 4 is 39.1 Å². The number of carbonyl (C=O) groups is 1. The van der Waals surface area contributed by atoms with Crippen LogP contribution >= 0.6 is 11.8 Å². The van der Waals surface area contributed by atoms with Gasteiger partial charge >= 0.3 is 0 Å². The van der Waals surface area contributed by atoms with Gasteiger partial charge in [-0.25, -0.2) is 8.42 Å². The fraction of sp³-hybridized carbons (Fsp3) is 0.278. The van der Waals surface area contributed by atoms with Gasteiger partial charge in [0.05, 0.1) is 22.9 Å². The Morgan fingerprint density at radius 3 is 2.62 bits per heavy atom. The molecule has 0 saturated carbocycles. The maximum absolute atomic E-state index is 13.0. The minimum Gasteiger partial charge on any atom is -0.494 e. The van der Waals surface area contributed by atoms with Gasteiger partial charge in [-0.15, -0.1) is 11.8 Å². The van der Waals surface area contributed by atoms with Crippen molar-refractivity contribution in [3.05, 3.63) is 42.5 Å². The van der Waals surface area contributed by atoms with Gasteiger partial charge in [-0.05, 0) is 49.4 Å². The van der Waals surface area contributed by atoms with Crippen molar-refractivity contribution in [1.29, 1.82) is 0 Å². The van der Waals surface area contributed by atoms with Crippen LogP contribution in [0.25, 0.3) is 0 Å². The average molecular weight is 393 g/mol. The molecule has 1 aliphatic heterocycles. The molecule has 26 heavy (non-hydrogen) atoms. The maximum atomic E-state index is 13.0. The SMILES string of the molecule is CCOc1ccc(N(C)S(=O)(=O)c2ccc3c(c2)NC(=O)CCS3)cc1. The van der Waals surface area contributed by atoms with Gasteiger partial charge < -0.3 is 10.1 Å². The number of benzene rings is 2. The van der Waals surface area contributed by atoms with E-state index in [1.54, 1.807) is 36.4 Å². The minimum absolute atomic E-state index is 0.106. The molecule has 0 spiro atoms. The summed E-state index contributed by atoms with van der Waals surface area (Å²) < 4.78 is 32.5. The second-order valence-corrected chi connectivity index (χ2v) is 8.81. The van der Waals surface area contributed by atoms with Crippen LogP contribution in [0.3, 0.4) is 0 Å². The summed E-state index contributed by atoms with van der Waals surface area (Å²) in [5, 5.41) is 2.78. The zero-order chi connectivity index (χ0) is 18.7. The highest BCUT2D eigenvalue weighted by Gasteiger charge is 2.24. The Morgan fingerprint density at radius 1 is 1.19 bits per heavy atom. The molecule has 1 N–H and O–H groups in total. The predicted octanol–water partition coefficient (Wildman–Crippen LogP) is 3.34. The van der Waals surface area contributed by atoms with Crippen molar-refractivity contribution in [1.82, 2.24) is 0 Å². The average Bonchev–Trinajstić information content (AvgIpc) is 2.81. The number of nitrogens with one attached hydrogen (secondary N) is 1. The fourth-order valence-electron chi connectivity index (χ4n) is 2.58. The molecule has 0 saturated heterocycles. The largest absolute Gasteiger partial charge is 0.494 e.